The highest BCUT2D eigenvalue weighted by Gasteiger charge is 2.33. The van der Waals surface area contributed by atoms with E-state index in [0.29, 0.717) is 6.42 Å². The molecule has 154 valence electrons. The van der Waals surface area contributed by atoms with Crippen LogP contribution in [-0.4, -0.2) is 29.8 Å². The van der Waals surface area contributed by atoms with E-state index in [-0.39, 0.29) is 11.8 Å². The largest absolute Gasteiger partial charge is 0.368 e. The van der Waals surface area contributed by atoms with Gasteiger partial charge in [0.2, 0.25) is 17.7 Å². The van der Waals surface area contributed by atoms with E-state index in [9.17, 15) is 14.4 Å². The minimum atomic E-state index is -0.962. The smallest absolute Gasteiger partial charge is 0.243 e. The van der Waals surface area contributed by atoms with Crippen LogP contribution in [0.5, 0.6) is 0 Å². The summed E-state index contributed by atoms with van der Waals surface area (Å²) < 4.78 is 0. The highest BCUT2D eigenvalue weighted by Crippen LogP contribution is 2.28. The van der Waals surface area contributed by atoms with E-state index in [1.54, 1.807) is 0 Å². The first-order valence-electron chi connectivity index (χ1n) is 9.76. The Bertz CT molecular complexity index is 782. The van der Waals surface area contributed by atoms with Crippen LogP contribution in [-0.2, 0) is 14.4 Å². The van der Waals surface area contributed by atoms with E-state index < -0.39 is 29.8 Å². The fourth-order valence-electron chi connectivity index (χ4n) is 3.42. The van der Waals surface area contributed by atoms with Crippen molar-refractivity contribution in [3.63, 3.8) is 0 Å². The Kier molecular flexibility index (Phi) is 7.95. The number of carbonyl (C=O) groups excluding carboxylic acids is 3. The molecule has 2 rings (SSSR count). The third-order valence-electron chi connectivity index (χ3n) is 4.66. The normalized spacial score (nSPS) is 13.0. The van der Waals surface area contributed by atoms with Gasteiger partial charge in [0, 0.05) is 12.8 Å². The average Bonchev–Trinajstić information content (AvgIpc) is 2.67. The van der Waals surface area contributed by atoms with Crippen LogP contribution >= 0.6 is 0 Å². The van der Waals surface area contributed by atoms with Gasteiger partial charge in [-0.25, -0.2) is 0 Å². The van der Waals surface area contributed by atoms with Crippen molar-refractivity contribution >= 4 is 17.7 Å². The lowest BCUT2D eigenvalue weighted by Crippen LogP contribution is -2.55. The van der Waals surface area contributed by atoms with Gasteiger partial charge in [0.15, 0.2) is 0 Å². The minimum absolute atomic E-state index is 0.184. The second kappa shape index (κ2) is 10.4. The zero-order chi connectivity index (χ0) is 21.4. The third-order valence-corrected chi connectivity index (χ3v) is 4.66. The molecule has 0 aromatic heterocycles. The van der Waals surface area contributed by atoms with Crippen molar-refractivity contribution < 1.29 is 14.4 Å². The molecule has 0 saturated heterocycles. The first-order chi connectivity index (χ1) is 13.8. The van der Waals surface area contributed by atoms with Crippen LogP contribution in [0.3, 0.4) is 0 Å². The summed E-state index contributed by atoms with van der Waals surface area (Å²) in [5, 5.41) is 5.47. The second-order valence-corrected chi connectivity index (χ2v) is 7.57. The molecule has 4 N–H and O–H groups in total. The van der Waals surface area contributed by atoms with Crippen LogP contribution in [0.1, 0.15) is 44.2 Å². The molecule has 3 amide bonds. The number of hydrogen-bond acceptors (Lipinski definition) is 3. The Morgan fingerprint density at radius 2 is 1.34 bits per heavy atom. The summed E-state index contributed by atoms with van der Waals surface area (Å²) >= 11 is 0. The summed E-state index contributed by atoms with van der Waals surface area (Å²) in [6, 6.07) is 17.2. The van der Waals surface area contributed by atoms with E-state index in [1.165, 1.54) is 6.92 Å². The lowest BCUT2D eigenvalue weighted by atomic mass is 9.84. The minimum Gasteiger partial charge on any atom is -0.368 e. The van der Waals surface area contributed by atoms with Crippen LogP contribution in [0.15, 0.2) is 60.7 Å². The van der Waals surface area contributed by atoms with Crippen LogP contribution < -0.4 is 16.4 Å². The van der Waals surface area contributed by atoms with Crippen molar-refractivity contribution in [2.24, 2.45) is 11.7 Å². The first kappa shape index (κ1) is 22.1. The maximum absolute atomic E-state index is 13.0. The highest BCUT2D eigenvalue weighted by atomic mass is 16.2. The number of nitrogens with one attached hydrogen (secondary N) is 2. The quantitative estimate of drug-likeness (QED) is 0.607. The van der Waals surface area contributed by atoms with Gasteiger partial charge in [-0.15, -0.1) is 0 Å². The van der Waals surface area contributed by atoms with Gasteiger partial charge in [-0.05, 0) is 23.5 Å². The molecule has 2 aromatic rings. The van der Waals surface area contributed by atoms with Crippen molar-refractivity contribution in [2.45, 2.75) is 45.2 Å². The molecular weight excluding hydrogens is 366 g/mol. The van der Waals surface area contributed by atoms with E-state index in [1.807, 2.05) is 74.5 Å². The molecular formula is C23H29N3O3. The van der Waals surface area contributed by atoms with Crippen LogP contribution in [0, 0.1) is 5.92 Å². The highest BCUT2D eigenvalue weighted by molar-refractivity contribution is 5.92. The van der Waals surface area contributed by atoms with E-state index in [0.717, 1.165) is 11.1 Å². The molecule has 0 saturated carbocycles. The molecule has 0 aliphatic heterocycles. The van der Waals surface area contributed by atoms with Crippen LogP contribution in [0.2, 0.25) is 0 Å². The van der Waals surface area contributed by atoms with Gasteiger partial charge in [-0.1, -0.05) is 74.5 Å². The lowest BCUT2D eigenvalue weighted by molar-refractivity contribution is -0.131. The lowest BCUT2D eigenvalue weighted by Gasteiger charge is -2.29. The maximum atomic E-state index is 13.0. The fourth-order valence-corrected chi connectivity index (χ4v) is 3.42. The fraction of sp³-hybridized carbons (Fsp3) is 0.348. The van der Waals surface area contributed by atoms with E-state index in [2.05, 4.69) is 10.6 Å². The zero-order valence-corrected chi connectivity index (χ0v) is 17.1. The van der Waals surface area contributed by atoms with Gasteiger partial charge in [-0.3, -0.25) is 14.4 Å². The van der Waals surface area contributed by atoms with Gasteiger partial charge in [-0.2, -0.15) is 0 Å². The van der Waals surface area contributed by atoms with E-state index in [4.69, 9.17) is 5.73 Å². The Morgan fingerprint density at radius 1 is 0.862 bits per heavy atom. The number of benzene rings is 2. The monoisotopic (exact) mass is 395 g/mol. The van der Waals surface area contributed by atoms with Gasteiger partial charge < -0.3 is 16.4 Å². The molecule has 0 spiro atoms. The standard InChI is InChI=1S/C23H29N3O3/c1-15(2)14-19(25-16(3)27)23(29)26-21(22(24)28)20(17-10-6-4-7-11-17)18-12-8-5-9-13-18/h4-13,15,19-21H,14H2,1-3H3,(H2,24,28)(H,25,27)(H,26,29)/t19-,21+/m0/s1. The van der Waals surface area contributed by atoms with E-state index >= 15 is 0 Å². The number of carbonyl (C=O) groups is 3. The molecule has 0 aliphatic rings. The Hall–Kier alpha value is -3.15. The molecule has 0 aliphatic carbocycles. The van der Waals surface area contributed by atoms with Crippen LogP contribution in [0.25, 0.3) is 0 Å². The molecule has 29 heavy (non-hydrogen) atoms. The number of nitrogens with two attached hydrogens (primary N) is 1. The summed E-state index contributed by atoms with van der Waals surface area (Å²) in [4.78, 5) is 36.9. The molecule has 0 bridgehead atoms. The number of primary amides is 1. The maximum Gasteiger partial charge on any atom is 0.243 e. The van der Waals surface area contributed by atoms with Crippen molar-refractivity contribution in [1.29, 1.82) is 0 Å². The van der Waals surface area contributed by atoms with Gasteiger partial charge in [0.1, 0.15) is 12.1 Å². The average molecular weight is 396 g/mol. The first-order valence-corrected chi connectivity index (χ1v) is 9.76. The third kappa shape index (κ3) is 6.45. The Morgan fingerprint density at radius 3 is 1.72 bits per heavy atom. The molecule has 6 heteroatoms. The van der Waals surface area contributed by atoms with Crippen molar-refractivity contribution in [1.82, 2.24) is 10.6 Å². The predicted molar refractivity (Wildman–Crippen MR) is 113 cm³/mol. The number of hydrogen-bond donors (Lipinski definition) is 3. The summed E-state index contributed by atoms with van der Waals surface area (Å²) in [6.07, 6.45) is 0.457. The van der Waals surface area contributed by atoms with Gasteiger partial charge >= 0.3 is 0 Å². The number of rotatable bonds is 9. The van der Waals surface area contributed by atoms with Gasteiger partial charge in [0.25, 0.3) is 0 Å². The topological polar surface area (TPSA) is 101 Å². The Balaban J connectivity index is 2.38. The number of amides is 3. The summed E-state index contributed by atoms with van der Waals surface area (Å²) in [5.74, 6) is -1.62. The van der Waals surface area contributed by atoms with Crippen molar-refractivity contribution in [3.8, 4) is 0 Å². The molecule has 2 atom stereocenters. The SMILES string of the molecule is CC(=O)N[C@@H](CC(C)C)C(=O)N[C@@H](C(N)=O)C(c1ccccc1)c1ccccc1. The zero-order valence-electron chi connectivity index (χ0n) is 17.1. The predicted octanol–water partition coefficient (Wildman–Crippen LogP) is 2.34. The molecule has 0 fully saturated rings. The second-order valence-electron chi connectivity index (χ2n) is 7.57. The van der Waals surface area contributed by atoms with Gasteiger partial charge in [0.05, 0.1) is 0 Å². The molecule has 0 heterocycles. The summed E-state index contributed by atoms with van der Waals surface area (Å²) in [7, 11) is 0. The Labute approximate surface area is 171 Å². The van der Waals surface area contributed by atoms with Crippen molar-refractivity contribution in [2.75, 3.05) is 0 Å². The summed E-state index contributed by atoms with van der Waals surface area (Å²) in [6.45, 7) is 5.29. The summed E-state index contributed by atoms with van der Waals surface area (Å²) in [5.41, 5.74) is 7.45. The molecule has 6 nitrogen and oxygen atoms in total. The van der Waals surface area contributed by atoms with Crippen molar-refractivity contribution in [3.05, 3.63) is 71.8 Å². The molecule has 2 aromatic carbocycles. The molecule has 0 unspecified atom stereocenters. The van der Waals surface area contributed by atoms with Crippen LogP contribution in [0.4, 0.5) is 0 Å². The molecule has 0 radical (unpaired) electrons.